The van der Waals surface area contributed by atoms with Gasteiger partial charge in [0.1, 0.15) is 11.4 Å². The first-order valence-electron chi connectivity index (χ1n) is 14.5. The van der Waals surface area contributed by atoms with Gasteiger partial charge >= 0.3 is 6.03 Å². The van der Waals surface area contributed by atoms with E-state index in [0.717, 1.165) is 29.1 Å². The highest BCUT2D eigenvalue weighted by Crippen LogP contribution is 2.39. The van der Waals surface area contributed by atoms with Crippen LogP contribution in [0, 0.1) is 18.7 Å². The monoisotopic (exact) mass is 569 g/mol. The zero-order chi connectivity index (χ0) is 30.2. The molecule has 0 saturated heterocycles. The highest BCUT2D eigenvalue weighted by Gasteiger charge is 2.29. The molecule has 0 fully saturated rings. The molecule has 8 heteroatoms. The Morgan fingerprint density at radius 2 is 1.86 bits per heavy atom. The van der Waals surface area contributed by atoms with E-state index < -0.39 is 11.8 Å². The number of para-hydroxylation sites is 1. The number of nitrogens with two attached hydrogens (primary N) is 1. The number of carbonyl (C=O) groups excluding carboxylic acids is 1. The predicted molar refractivity (Wildman–Crippen MR) is 167 cm³/mol. The molecule has 2 amide bonds. The number of aromatic nitrogens is 2. The lowest BCUT2D eigenvalue weighted by atomic mass is 9.86. The fourth-order valence-electron chi connectivity index (χ4n) is 5.38. The van der Waals surface area contributed by atoms with E-state index in [2.05, 4.69) is 70.0 Å². The third kappa shape index (κ3) is 5.98. The number of amides is 2. The second-order valence-corrected chi connectivity index (χ2v) is 12.5. The zero-order valence-electron chi connectivity index (χ0n) is 25.3. The third-order valence-electron chi connectivity index (χ3n) is 7.61. The van der Waals surface area contributed by atoms with Crippen LogP contribution in [0.15, 0.2) is 60.7 Å². The number of urea groups is 1. The normalized spacial score (nSPS) is 13.3. The predicted octanol–water partition coefficient (Wildman–Crippen LogP) is 7.37. The van der Waals surface area contributed by atoms with Crippen molar-refractivity contribution in [3.05, 3.63) is 88.9 Å². The first kappa shape index (κ1) is 29.2. The number of ether oxygens (including phenoxy) is 1. The van der Waals surface area contributed by atoms with Gasteiger partial charge in [0.15, 0.2) is 5.82 Å². The largest absolute Gasteiger partial charge is 0.491 e. The van der Waals surface area contributed by atoms with E-state index in [1.165, 1.54) is 22.9 Å². The Bertz CT molecular complexity index is 1600. The molecule has 0 aliphatic carbocycles. The molecule has 0 spiro atoms. The van der Waals surface area contributed by atoms with Crippen LogP contribution in [0.3, 0.4) is 0 Å². The molecule has 2 heterocycles. The Morgan fingerprint density at radius 1 is 1.12 bits per heavy atom. The van der Waals surface area contributed by atoms with Gasteiger partial charge < -0.3 is 20.7 Å². The van der Waals surface area contributed by atoms with Gasteiger partial charge in [-0.15, -0.1) is 0 Å². The molecule has 0 bridgehead atoms. The quantitative estimate of drug-likeness (QED) is 0.243. The molecule has 42 heavy (non-hydrogen) atoms. The number of hydrogen-bond donors (Lipinski definition) is 2. The number of anilines is 2. The van der Waals surface area contributed by atoms with E-state index in [9.17, 15) is 4.79 Å². The van der Waals surface area contributed by atoms with Crippen molar-refractivity contribution in [2.24, 2.45) is 11.7 Å². The van der Waals surface area contributed by atoms with Crippen molar-refractivity contribution in [3.63, 3.8) is 0 Å². The number of carbonyl (C=O) groups is 1. The van der Waals surface area contributed by atoms with Crippen molar-refractivity contribution in [3.8, 4) is 22.7 Å². The van der Waals surface area contributed by atoms with Gasteiger partial charge in [0.2, 0.25) is 0 Å². The minimum Gasteiger partial charge on any atom is -0.491 e. The Labute approximate surface area is 247 Å². The van der Waals surface area contributed by atoms with E-state index in [-0.39, 0.29) is 11.3 Å². The summed E-state index contributed by atoms with van der Waals surface area (Å²) in [5.74, 6) is 0.315. The second-order valence-electron chi connectivity index (χ2n) is 12.5. The summed E-state index contributed by atoms with van der Waals surface area (Å²) >= 11 is 0. The summed E-state index contributed by atoms with van der Waals surface area (Å²) in [4.78, 5) is 13.8. The van der Waals surface area contributed by atoms with E-state index in [1.807, 2.05) is 12.1 Å². The van der Waals surface area contributed by atoms with Gasteiger partial charge in [-0.1, -0.05) is 65.0 Å². The highest BCUT2D eigenvalue weighted by molar-refractivity contribution is 5.88. The average Bonchev–Trinajstić information content (AvgIpc) is 3.29. The number of primary amides is 1. The highest BCUT2D eigenvalue weighted by atomic mass is 19.1. The summed E-state index contributed by atoms with van der Waals surface area (Å²) in [7, 11) is 0. The molecule has 0 atom stereocenters. The fraction of sp³-hybridized carbons (Fsp3) is 0.353. The molecule has 0 radical (unpaired) electrons. The molecule has 0 saturated carbocycles. The van der Waals surface area contributed by atoms with Gasteiger partial charge in [0.25, 0.3) is 0 Å². The summed E-state index contributed by atoms with van der Waals surface area (Å²) in [6.07, 6.45) is 0.715. The second kappa shape index (κ2) is 11.5. The van der Waals surface area contributed by atoms with Crippen LogP contribution < -0.4 is 20.7 Å². The molecular weight excluding hydrogens is 529 g/mol. The van der Waals surface area contributed by atoms with E-state index in [0.29, 0.717) is 36.7 Å². The van der Waals surface area contributed by atoms with Gasteiger partial charge in [-0.2, -0.15) is 5.10 Å². The minimum absolute atomic E-state index is 0.0252. The smallest absolute Gasteiger partial charge is 0.316 e. The SMILES string of the molecule is Cc1ccc(C(C)(C)C)cc1N1CCc2nn(-c3c(F)cccc3OCC(C)C)c(-c3ccc(NC(N)=O)cc3)c2C1. The van der Waals surface area contributed by atoms with E-state index >= 15 is 4.39 Å². The van der Waals surface area contributed by atoms with Crippen LogP contribution in [0.1, 0.15) is 57.0 Å². The maximum absolute atomic E-state index is 15.7. The van der Waals surface area contributed by atoms with Crippen molar-refractivity contribution in [1.29, 1.82) is 0 Å². The van der Waals surface area contributed by atoms with Crippen molar-refractivity contribution in [2.75, 3.05) is 23.4 Å². The fourth-order valence-corrected chi connectivity index (χ4v) is 5.38. The van der Waals surface area contributed by atoms with Crippen molar-refractivity contribution < 1.29 is 13.9 Å². The van der Waals surface area contributed by atoms with Crippen molar-refractivity contribution in [1.82, 2.24) is 9.78 Å². The van der Waals surface area contributed by atoms with E-state index in [4.69, 9.17) is 15.6 Å². The summed E-state index contributed by atoms with van der Waals surface area (Å²) in [5.41, 5.74) is 13.5. The number of fused-ring (bicyclic) bond motifs is 1. The Kier molecular flexibility index (Phi) is 7.99. The summed E-state index contributed by atoms with van der Waals surface area (Å²) < 4.78 is 23.5. The Morgan fingerprint density at radius 3 is 2.52 bits per heavy atom. The Balaban J connectivity index is 1.65. The van der Waals surface area contributed by atoms with Gasteiger partial charge in [0.05, 0.1) is 18.0 Å². The number of aryl methyl sites for hydroxylation is 1. The summed E-state index contributed by atoms with van der Waals surface area (Å²) in [6.45, 7) is 14.8. The number of nitrogens with zero attached hydrogens (tertiary/aromatic N) is 3. The average molecular weight is 570 g/mol. The van der Waals surface area contributed by atoms with Crippen LogP contribution in [-0.2, 0) is 18.4 Å². The molecular formula is C34H40FN5O2. The molecule has 7 nitrogen and oxygen atoms in total. The van der Waals surface area contributed by atoms with Crippen LogP contribution >= 0.6 is 0 Å². The van der Waals surface area contributed by atoms with Crippen molar-refractivity contribution >= 4 is 17.4 Å². The summed E-state index contributed by atoms with van der Waals surface area (Å²) in [6, 6.07) is 18.3. The van der Waals surface area contributed by atoms with Gasteiger partial charge in [-0.05, 0) is 59.7 Å². The first-order valence-corrected chi connectivity index (χ1v) is 14.5. The number of halogens is 1. The lowest BCUT2D eigenvalue weighted by molar-refractivity contribution is 0.259. The van der Waals surface area contributed by atoms with Gasteiger partial charge in [0, 0.05) is 42.0 Å². The van der Waals surface area contributed by atoms with Crippen LogP contribution in [0.2, 0.25) is 0 Å². The molecule has 1 aromatic heterocycles. The third-order valence-corrected chi connectivity index (χ3v) is 7.61. The number of rotatable bonds is 7. The lowest BCUT2D eigenvalue weighted by Gasteiger charge is -2.32. The molecule has 220 valence electrons. The number of nitrogens with one attached hydrogen (secondary N) is 1. The van der Waals surface area contributed by atoms with Crippen molar-refractivity contribution in [2.45, 2.75) is 59.9 Å². The van der Waals surface area contributed by atoms with Crippen LogP contribution in [-0.4, -0.2) is 29.0 Å². The van der Waals surface area contributed by atoms with Crippen LogP contribution in [0.5, 0.6) is 5.75 Å². The molecule has 4 aromatic rings. The molecule has 1 aliphatic heterocycles. The maximum Gasteiger partial charge on any atom is 0.316 e. The summed E-state index contributed by atoms with van der Waals surface area (Å²) in [5, 5.41) is 7.62. The first-order chi connectivity index (χ1) is 19.9. The minimum atomic E-state index is -0.632. The molecule has 0 unspecified atom stereocenters. The Hall–Kier alpha value is -4.33. The van der Waals surface area contributed by atoms with Crippen LogP contribution in [0.4, 0.5) is 20.6 Å². The lowest BCUT2D eigenvalue weighted by Crippen LogP contribution is -2.31. The van der Waals surface area contributed by atoms with Gasteiger partial charge in [-0.3, -0.25) is 0 Å². The standard InChI is InChI=1S/C34H40FN5O2/c1-21(2)20-42-30-9-7-8-27(35)32(30)40-31(23-11-14-25(15-12-23)37-33(36)41)26-19-39(17-16-28(26)38-40)29-18-24(34(4,5)6)13-10-22(29)3/h7-15,18,21H,16-17,19-20H2,1-6H3,(H3,36,37,41). The van der Waals surface area contributed by atoms with Gasteiger partial charge in [-0.25, -0.2) is 13.9 Å². The molecule has 5 rings (SSSR count). The topological polar surface area (TPSA) is 85.4 Å². The maximum atomic E-state index is 15.7. The molecule has 3 N–H and O–H groups in total. The molecule has 1 aliphatic rings. The molecule has 3 aromatic carbocycles. The zero-order valence-corrected chi connectivity index (χ0v) is 25.3. The van der Waals surface area contributed by atoms with E-state index in [1.54, 1.807) is 28.9 Å². The number of hydrogen-bond acceptors (Lipinski definition) is 4. The van der Waals surface area contributed by atoms with Crippen LogP contribution in [0.25, 0.3) is 16.9 Å². The number of benzene rings is 3.